The lowest BCUT2D eigenvalue weighted by Gasteiger charge is -2.37. The summed E-state index contributed by atoms with van der Waals surface area (Å²) in [5, 5.41) is 9.19. The van der Waals surface area contributed by atoms with Crippen molar-refractivity contribution in [3.8, 4) is 0 Å². The number of carboxylic acids is 1. The van der Waals surface area contributed by atoms with Crippen LogP contribution in [0.25, 0.3) is 0 Å². The maximum Gasteiger partial charge on any atom is 0.320 e. The Morgan fingerprint density at radius 2 is 1.75 bits per heavy atom. The summed E-state index contributed by atoms with van der Waals surface area (Å²) < 4.78 is 13.0. The first-order chi connectivity index (χ1) is 11.5. The van der Waals surface area contributed by atoms with Crippen LogP contribution in [-0.2, 0) is 9.59 Å². The summed E-state index contributed by atoms with van der Waals surface area (Å²) >= 11 is 0. The Kier molecular flexibility index (Phi) is 4.99. The van der Waals surface area contributed by atoms with Crippen molar-refractivity contribution < 1.29 is 19.1 Å². The predicted octanol–water partition coefficient (Wildman–Crippen LogP) is 1.02. The molecule has 1 amide bonds. The third kappa shape index (κ3) is 3.67. The van der Waals surface area contributed by atoms with Crippen molar-refractivity contribution in [2.45, 2.75) is 18.9 Å². The number of aliphatic carboxylic acids is 1. The number of likely N-dealkylation sites (tertiary alicyclic amines) is 1. The van der Waals surface area contributed by atoms with Gasteiger partial charge in [-0.2, -0.15) is 0 Å². The average Bonchev–Trinajstić information content (AvgIpc) is 3.04. The second-order valence-corrected chi connectivity index (χ2v) is 6.31. The molecule has 130 valence electrons. The van der Waals surface area contributed by atoms with Crippen molar-refractivity contribution in [2.24, 2.45) is 0 Å². The Morgan fingerprint density at radius 1 is 1.08 bits per heavy atom. The zero-order valence-corrected chi connectivity index (χ0v) is 13.5. The highest BCUT2D eigenvalue weighted by Crippen LogP contribution is 2.19. The van der Waals surface area contributed by atoms with Crippen LogP contribution in [0.3, 0.4) is 0 Å². The normalized spacial score (nSPS) is 22.0. The summed E-state index contributed by atoms with van der Waals surface area (Å²) in [5.41, 5.74) is 0.953. The van der Waals surface area contributed by atoms with E-state index in [2.05, 4.69) is 4.90 Å². The molecule has 0 aromatic heterocycles. The maximum absolute atomic E-state index is 13.0. The molecular formula is C17H22FN3O3. The van der Waals surface area contributed by atoms with Gasteiger partial charge in [-0.1, -0.05) is 0 Å². The van der Waals surface area contributed by atoms with Crippen molar-refractivity contribution >= 4 is 17.6 Å². The number of nitrogens with zero attached hydrogens (tertiary/aromatic N) is 3. The first kappa shape index (κ1) is 16.7. The fraction of sp³-hybridized carbons (Fsp3) is 0.529. The topological polar surface area (TPSA) is 64.1 Å². The van der Waals surface area contributed by atoms with Crippen molar-refractivity contribution in [3.05, 3.63) is 30.1 Å². The van der Waals surface area contributed by atoms with Gasteiger partial charge in [-0.25, -0.2) is 4.39 Å². The van der Waals surface area contributed by atoms with Crippen LogP contribution < -0.4 is 4.90 Å². The molecule has 24 heavy (non-hydrogen) atoms. The lowest BCUT2D eigenvalue weighted by atomic mass is 10.2. The van der Waals surface area contributed by atoms with Gasteiger partial charge < -0.3 is 14.9 Å². The highest BCUT2D eigenvalue weighted by Gasteiger charge is 2.33. The van der Waals surface area contributed by atoms with E-state index in [-0.39, 0.29) is 18.3 Å². The fourth-order valence-corrected chi connectivity index (χ4v) is 3.43. The van der Waals surface area contributed by atoms with E-state index < -0.39 is 12.0 Å². The van der Waals surface area contributed by atoms with Gasteiger partial charge in [-0.05, 0) is 43.7 Å². The van der Waals surface area contributed by atoms with Gasteiger partial charge in [0, 0.05) is 31.9 Å². The van der Waals surface area contributed by atoms with Crippen LogP contribution >= 0.6 is 0 Å². The molecule has 0 bridgehead atoms. The number of piperazine rings is 1. The molecule has 1 unspecified atom stereocenters. The molecule has 0 spiro atoms. The number of hydrogen-bond donors (Lipinski definition) is 1. The molecule has 0 saturated carbocycles. The molecule has 1 N–H and O–H groups in total. The van der Waals surface area contributed by atoms with Gasteiger partial charge in [0.15, 0.2) is 0 Å². The van der Waals surface area contributed by atoms with Crippen LogP contribution in [0.4, 0.5) is 10.1 Å². The maximum atomic E-state index is 13.0. The molecule has 3 rings (SSSR count). The van der Waals surface area contributed by atoms with Crippen molar-refractivity contribution in [1.29, 1.82) is 0 Å². The minimum atomic E-state index is -0.846. The summed E-state index contributed by atoms with van der Waals surface area (Å²) in [6.07, 6.45) is 1.43. The van der Waals surface area contributed by atoms with Gasteiger partial charge in [0.2, 0.25) is 5.91 Å². The number of carbonyl (C=O) groups is 2. The van der Waals surface area contributed by atoms with Crippen molar-refractivity contribution in [2.75, 3.05) is 44.2 Å². The summed E-state index contributed by atoms with van der Waals surface area (Å²) in [7, 11) is 0. The SMILES string of the molecule is O=C(O)C1CCCN1CC(=O)N1CCN(c2ccc(F)cc2)CC1. The van der Waals surface area contributed by atoms with Crippen LogP contribution in [0.15, 0.2) is 24.3 Å². The number of amides is 1. The van der Waals surface area contributed by atoms with E-state index in [4.69, 9.17) is 0 Å². The quantitative estimate of drug-likeness (QED) is 0.890. The second kappa shape index (κ2) is 7.17. The molecule has 2 heterocycles. The fourth-order valence-electron chi connectivity index (χ4n) is 3.43. The van der Waals surface area contributed by atoms with Crippen LogP contribution in [0.1, 0.15) is 12.8 Å². The first-order valence-corrected chi connectivity index (χ1v) is 8.30. The summed E-state index contributed by atoms with van der Waals surface area (Å²) in [6, 6.07) is 5.83. The van der Waals surface area contributed by atoms with E-state index in [0.717, 1.165) is 12.1 Å². The van der Waals surface area contributed by atoms with E-state index in [1.807, 2.05) is 0 Å². The van der Waals surface area contributed by atoms with E-state index >= 15 is 0 Å². The Morgan fingerprint density at radius 3 is 2.38 bits per heavy atom. The monoisotopic (exact) mass is 335 g/mol. The Hall–Kier alpha value is -2.15. The first-order valence-electron chi connectivity index (χ1n) is 8.30. The number of carboxylic acid groups (broad SMARTS) is 1. The zero-order chi connectivity index (χ0) is 17.1. The molecule has 2 saturated heterocycles. The molecule has 1 aromatic rings. The molecule has 0 radical (unpaired) electrons. The summed E-state index contributed by atoms with van der Waals surface area (Å²) in [6.45, 7) is 3.43. The Balaban J connectivity index is 1.52. The van der Waals surface area contributed by atoms with Gasteiger partial charge in [0.05, 0.1) is 6.54 Å². The number of carbonyl (C=O) groups excluding carboxylic acids is 1. The smallest absolute Gasteiger partial charge is 0.320 e. The molecular weight excluding hydrogens is 313 g/mol. The number of anilines is 1. The van der Waals surface area contributed by atoms with E-state index in [0.29, 0.717) is 39.1 Å². The highest BCUT2D eigenvalue weighted by molar-refractivity contribution is 5.80. The standard InChI is InChI=1S/C17H22FN3O3/c18-13-3-5-14(6-4-13)19-8-10-20(11-9-19)16(22)12-21-7-1-2-15(21)17(23)24/h3-6,15H,1-2,7-12H2,(H,23,24). The highest BCUT2D eigenvalue weighted by atomic mass is 19.1. The number of rotatable bonds is 4. The summed E-state index contributed by atoms with van der Waals surface area (Å²) in [5.74, 6) is -1.12. The Bertz CT molecular complexity index is 600. The third-order valence-electron chi connectivity index (χ3n) is 4.81. The lowest BCUT2D eigenvalue weighted by Crippen LogP contribution is -2.52. The van der Waals surface area contributed by atoms with Gasteiger partial charge >= 0.3 is 5.97 Å². The second-order valence-electron chi connectivity index (χ2n) is 6.31. The zero-order valence-electron chi connectivity index (χ0n) is 13.5. The largest absolute Gasteiger partial charge is 0.480 e. The minimum absolute atomic E-state index is 0.0121. The predicted molar refractivity (Wildman–Crippen MR) is 87.4 cm³/mol. The van der Waals surface area contributed by atoms with Gasteiger partial charge in [-0.15, -0.1) is 0 Å². The molecule has 2 fully saturated rings. The molecule has 2 aliphatic rings. The van der Waals surface area contributed by atoms with Crippen LogP contribution in [-0.4, -0.2) is 72.1 Å². The molecule has 0 aliphatic carbocycles. The van der Waals surface area contributed by atoms with E-state index in [1.54, 1.807) is 21.9 Å². The number of hydrogen-bond acceptors (Lipinski definition) is 4. The van der Waals surface area contributed by atoms with Crippen molar-refractivity contribution in [3.63, 3.8) is 0 Å². The molecule has 1 atom stereocenters. The van der Waals surface area contributed by atoms with Crippen LogP contribution in [0.2, 0.25) is 0 Å². The van der Waals surface area contributed by atoms with Crippen molar-refractivity contribution in [1.82, 2.24) is 9.80 Å². The van der Waals surface area contributed by atoms with Gasteiger partial charge in [0.1, 0.15) is 11.9 Å². The van der Waals surface area contributed by atoms with Gasteiger partial charge in [-0.3, -0.25) is 14.5 Å². The van der Waals surface area contributed by atoms with E-state index in [9.17, 15) is 19.1 Å². The lowest BCUT2D eigenvalue weighted by molar-refractivity contribution is -0.143. The molecule has 6 nitrogen and oxygen atoms in total. The average molecular weight is 335 g/mol. The van der Waals surface area contributed by atoms with Crippen LogP contribution in [0, 0.1) is 5.82 Å². The molecule has 2 aliphatic heterocycles. The molecule has 1 aromatic carbocycles. The molecule has 7 heteroatoms. The number of benzene rings is 1. The van der Waals surface area contributed by atoms with Crippen LogP contribution in [0.5, 0.6) is 0 Å². The van der Waals surface area contributed by atoms with E-state index in [1.165, 1.54) is 12.1 Å². The number of halogens is 1. The third-order valence-corrected chi connectivity index (χ3v) is 4.81. The van der Waals surface area contributed by atoms with Gasteiger partial charge in [0.25, 0.3) is 0 Å². The minimum Gasteiger partial charge on any atom is -0.480 e. The Labute approximate surface area is 140 Å². The summed E-state index contributed by atoms with van der Waals surface area (Å²) in [4.78, 5) is 29.3.